The molecular weight excluding hydrogens is 264 g/mol. The molecule has 0 radical (unpaired) electrons. The van der Waals surface area contributed by atoms with Gasteiger partial charge in [-0.05, 0) is 49.4 Å². The molecule has 0 aromatic heterocycles. The highest BCUT2D eigenvalue weighted by atomic mass is 16.5. The van der Waals surface area contributed by atoms with E-state index in [4.69, 9.17) is 10.00 Å². The van der Waals surface area contributed by atoms with Crippen LogP contribution in [0.1, 0.15) is 22.8 Å². The lowest BCUT2D eigenvalue weighted by atomic mass is 10.1. The molecule has 4 nitrogen and oxygen atoms in total. The molecule has 2 aromatic carbocycles. The molecule has 2 aromatic rings. The largest absolute Gasteiger partial charge is 0.494 e. The number of rotatable bonds is 4. The Balaban J connectivity index is 2.20. The molecule has 0 aliphatic heterocycles. The summed E-state index contributed by atoms with van der Waals surface area (Å²) in [5.41, 5.74) is 1.79. The predicted octanol–water partition coefficient (Wildman–Crippen LogP) is 3.23. The smallest absolute Gasteiger partial charge is 0.258 e. The van der Waals surface area contributed by atoms with Crippen LogP contribution in [-0.4, -0.2) is 19.6 Å². The average molecular weight is 280 g/mol. The molecule has 0 aliphatic rings. The van der Waals surface area contributed by atoms with Crippen molar-refractivity contribution in [1.29, 1.82) is 5.26 Å². The quantitative estimate of drug-likeness (QED) is 0.864. The van der Waals surface area contributed by atoms with Crippen LogP contribution in [0.5, 0.6) is 5.75 Å². The highest BCUT2D eigenvalue weighted by Crippen LogP contribution is 2.19. The van der Waals surface area contributed by atoms with Crippen molar-refractivity contribution in [2.24, 2.45) is 0 Å². The second kappa shape index (κ2) is 6.58. The number of hydrogen-bond acceptors (Lipinski definition) is 3. The lowest BCUT2D eigenvalue weighted by Crippen LogP contribution is -2.26. The minimum atomic E-state index is -0.131. The third kappa shape index (κ3) is 3.40. The summed E-state index contributed by atoms with van der Waals surface area (Å²) in [4.78, 5) is 13.9. The standard InChI is InChI=1S/C17H16N2O2/c1-3-21-16-9-7-14(8-10-16)17(20)19(2)15-6-4-5-13(11-15)12-18/h4-11H,3H2,1-2H3. The number of carbonyl (C=O) groups excluding carboxylic acids is 1. The number of ether oxygens (including phenoxy) is 1. The van der Waals surface area contributed by atoms with Gasteiger partial charge >= 0.3 is 0 Å². The van der Waals surface area contributed by atoms with Crippen molar-refractivity contribution in [1.82, 2.24) is 0 Å². The van der Waals surface area contributed by atoms with Crippen molar-refractivity contribution < 1.29 is 9.53 Å². The van der Waals surface area contributed by atoms with Crippen LogP contribution in [0.15, 0.2) is 48.5 Å². The molecule has 1 amide bonds. The van der Waals surface area contributed by atoms with E-state index in [1.807, 2.05) is 6.92 Å². The number of benzene rings is 2. The Hall–Kier alpha value is -2.80. The number of anilines is 1. The molecule has 106 valence electrons. The van der Waals surface area contributed by atoms with Gasteiger partial charge in [0.05, 0.1) is 18.2 Å². The van der Waals surface area contributed by atoms with Crippen molar-refractivity contribution in [3.63, 3.8) is 0 Å². The van der Waals surface area contributed by atoms with Gasteiger partial charge in [-0.15, -0.1) is 0 Å². The Labute approximate surface area is 124 Å². The molecular formula is C17H16N2O2. The summed E-state index contributed by atoms with van der Waals surface area (Å²) in [7, 11) is 1.69. The maximum atomic E-state index is 12.4. The minimum Gasteiger partial charge on any atom is -0.494 e. The number of nitrogens with zero attached hydrogens (tertiary/aromatic N) is 2. The number of carbonyl (C=O) groups is 1. The molecule has 0 bridgehead atoms. The van der Waals surface area contributed by atoms with E-state index < -0.39 is 0 Å². The van der Waals surface area contributed by atoms with Gasteiger partial charge in [0.15, 0.2) is 0 Å². The van der Waals surface area contributed by atoms with E-state index in [-0.39, 0.29) is 5.91 Å². The Morgan fingerprint density at radius 3 is 2.57 bits per heavy atom. The molecule has 21 heavy (non-hydrogen) atoms. The van der Waals surface area contributed by atoms with Crippen LogP contribution in [0.2, 0.25) is 0 Å². The summed E-state index contributed by atoms with van der Waals surface area (Å²) in [6.07, 6.45) is 0. The molecule has 0 unspecified atom stereocenters. The molecule has 2 rings (SSSR count). The highest BCUT2D eigenvalue weighted by molar-refractivity contribution is 6.05. The zero-order chi connectivity index (χ0) is 15.2. The van der Waals surface area contributed by atoms with Gasteiger partial charge in [-0.3, -0.25) is 4.79 Å². The predicted molar refractivity (Wildman–Crippen MR) is 81.5 cm³/mol. The van der Waals surface area contributed by atoms with Gasteiger partial charge in [0.2, 0.25) is 0 Å². The maximum Gasteiger partial charge on any atom is 0.258 e. The van der Waals surface area contributed by atoms with E-state index in [2.05, 4.69) is 6.07 Å². The van der Waals surface area contributed by atoms with Gasteiger partial charge in [-0.25, -0.2) is 0 Å². The zero-order valence-corrected chi connectivity index (χ0v) is 12.0. The second-order valence-corrected chi connectivity index (χ2v) is 4.48. The SMILES string of the molecule is CCOc1ccc(C(=O)N(C)c2cccc(C#N)c2)cc1. The third-order valence-electron chi connectivity index (χ3n) is 3.08. The topological polar surface area (TPSA) is 53.3 Å². The second-order valence-electron chi connectivity index (χ2n) is 4.48. The van der Waals surface area contributed by atoms with Crippen molar-refractivity contribution >= 4 is 11.6 Å². The molecule has 0 fully saturated rings. The van der Waals surface area contributed by atoms with Crippen LogP contribution in [-0.2, 0) is 0 Å². The van der Waals surface area contributed by atoms with Gasteiger partial charge in [-0.2, -0.15) is 5.26 Å². The van der Waals surface area contributed by atoms with Gasteiger partial charge in [0.25, 0.3) is 5.91 Å². The van der Waals surface area contributed by atoms with Crippen molar-refractivity contribution in [3.8, 4) is 11.8 Å². The van der Waals surface area contributed by atoms with E-state index in [1.165, 1.54) is 4.90 Å². The Morgan fingerprint density at radius 2 is 1.95 bits per heavy atom. The fraction of sp³-hybridized carbons (Fsp3) is 0.176. The molecule has 4 heteroatoms. The summed E-state index contributed by atoms with van der Waals surface area (Å²) >= 11 is 0. The van der Waals surface area contributed by atoms with E-state index in [0.717, 1.165) is 5.75 Å². The van der Waals surface area contributed by atoms with Crippen molar-refractivity contribution in [2.75, 3.05) is 18.6 Å². The van der Waals surface area contributed by atoms with Crippen LogP contribution < -0.4 is 9.64 Å². The molecule has 0 spiro atoms. The van der Waals surface area contributed by atoms with E-state index >= 15 is 0 Å². The molecule has 0 N–H and O–H groups in total. The number of hydrogen-bond donors (Lipinski definition) is 0. The van der Waals surface area contributed by atoms with E-state index in [0.29, 0.717) is 23.4 Å². The number of nitriles is 1. The van der Waals surface area contributed by atoms with Crippen LogP contribution >= 0.6 is 0 Å². The summed E-state index contributed by atoms with van der Waals surface area (Å²) in [6.45, 7) is 2.50. The first-order valence-electron chi connectivity index (χ1n) is 6.66. The van der Waals surface area contributed by atoms with Gasteiger partial charge < -0.3 is 9.64 Å². The first-order chi connectivity index (χ1) is 10.2. The highest BCUT2D eigenvalue weighted by Gasteiger charge is 2.13. The summed E-state index contributed by atoms with van der Waals surface area (Å²) in [5, 5.41) is 8.91. The third-order valence-corrected chi connectivity index (χ3v) is 3.08. The Morgan fingerprint density at radius 1 is 1.24 bits per heavy atom. The Kier molecular flexibility index (Phi) is 4.57. The molecule has 0 aliphatic carbocycles. The minimum absolute atomic E-state index is 0.131. The van der Waals surface area contributed by atoms with Gasteiger partial charge in [-0.1, -0.05) is 6.07 Å². The van der Waals surface area contributed by atoms with E-state index in [9.17, 15) is 4.79 Å². The summed E-state index contributed by atoms with van der Waals surface area (Å²) in [6, 6.07) is 16.0. The molecule has 0 atom stereocenters. The monoisotopic (exact) mass is 280 g/mol. The number of amides is 1. The first kappa shape index (κ1) is 14.6. The molecule has 0 heterocycles. The lowest BCUT2D eigenvalue weighted by molar-refractivity contribution is 0.0993. The van der Waals surface area contributed by atoms with Crippen LogP contribution in [0.4, 0.5) is 5.69 Å². The normalized spacial score (nSPS) is 9.76. The molecule has 0 saturated carbocycles. The summed E-state index contributed by atoms with van der Waals surface area (Å²) in [5.74, 6) is 0.608. The lowest BCUT2D eigenvalue weighted by Gasteiger charge is -2.17. The van der Waals surface area contributed by atoms with Crippen LogP contribution in [0, 0.1) is 11.3 Å². The molecule has 0 saturated heterocycles. The van der Waals surface area contributed by atoms with Crippen LogP contribution in [0.3, 0.4) is 0 Å². The van der Waals surface area contributed by atoms with Gasteiger partial charge in [0.1, 0.15) is 5.75 Å². The fourth-order valence-corrected chi connectivity index (χ4v) is 1.96. The Bertz CT molecular complexity index is 672. The van der Waals surface area contributed by atoms with Gasteiger partial charge in [0, 0.05) is 18.3 Å². The van der Waals surface area contributed by atoms with E-state index in [1.54, 1.807) is 55.6 Å². The fourth-order valence-electron chi connectivity index (χ4n) is 1.96. The average Bonchev–Trinajstić information content (AvgIpc) is 2.54. The zero-order valence-electron chi connectivity index (χ0n) is 12.0. The van der Waals surface area contributed by atoms with Crippen molar-refractivity contribution in [2.45, 2.75) is 6.92 Å². The maximum absolute atomic E-state index is 12.4. The summed E-state index contributed by atoms with van der Waals surface area (Å²) < 4.78 is 5.36. The van der Waals surface area contributed by atoms with Crippen molar-refractivity contribution in [3.05, 3.63) is 59.7 Å². The first-order valence-corrected chi connectivity index (χ1v) is 6.66. The van der Waals surface area contributed by atoms with Crippen LogP contribution in [0.25, 0.3) is 0 Å².